The van der Waals surface area contributed by atoms with E-state index in [1.54, 1.807) is 12.1 Å². The average molecular weight is 223 g/mol. The van der Waals surface area contributed by atoms with Crippen LogP contribution < -0.4 is 0 Å². The molecule has 0 heterocycles. The van der Waals surface area contributed by atoms with E-state index < -0.39 is 4.92 Å². The van der Waals surface area contributed by atoms with Gasteiger partial charge < -0.3 is 0 Å². The third-order valence-electron chi connectivity index (χ3n) is 1.55. The van der Waals surface area contributed by atoms with E-state index >= 15 is 0 Å². The molecular formula is C13H21NO2. The van der Waals surface area contributed by atoms with Crippen molar-refractivity contribution in [3.63, 3.8) is 0 Å². The van der Waals surface area contributed by atoms with Crippen LogP contribution in [-0.4, -0.2) is 4.92 Å². The van der Waals surface area contributed by atoms with Crippen molar-refractivity contribution in [2.45, 2.75) is 34.6 Å². The second kappa shape index (κ2) is 9.90. The lowest BCUT2D eigenvalue weighted by Gasteiger charge is -1.97. The van der Waals surface area contributed by atoms with Crippen molar-refractivity contribution < 1.29 is 4.92 Å². The molecule has 0 amide bonds. The number of nitro groups is 1. The van der Waals surface area contributed by atoms with E-state index in [1.807, 2.05) is 34.6 Å². The molecule has 0 aliphatic carbocycles. The van der Waals surface area contributed by atoms with Gasteiger partial charge in [-0.25, -0.2) is 0 Å². The molecule has 0 spiro atoms. The molecule has 0 aromatic heterocycles. The zero-order valence-corrected chi connectivity index (χ0v) is 10.8. The van der Waals surface area contributed by atoms with E-state index in [0.29, 0.717) is 0 Å². The third kappa shape index (κ3) is 5.96. The summed E-state index contributed by atoms with van der Waals surface area (Å²) >= 11 is 0. The summed E-state index contributed by atoms with van der Waals surface area (Å²) in [5.41, 5.74) is 1.75. The summed E-state index contributed by atoms with van der Waals surface area (Å²) in [6, 6.07) is 6.44. The van der Waals surface area contributed by atoms with Crippen molar-refractivity contribution >= 4 is 11.3 Å². The SMILES string of the molecule is C=C(C)c1cccc([N+](=O)[O-])c1.CC.CC. The predicted octanol–water partition coefficient (Wildman–Crippen LogP) is 4.68. The Bertz CT molecular complexity index is 303. The monoisotopic (exact) mass is 223 g/mol. The van der Waals surface area contributed by atoms with Crippen LogP contribution in [0.2, 0.25) is 0 Å². The molecule has 0 N–H and O–H groups in total. The van der Waals surface area contributed by atoms with Gasteiger partial charge in [0.05, 0.1) is 4.92 Å². The fraction of sp³-hybridized carbons (Fsp3) is 0.385. The Morgan fingerprint density at radius 2 is 1.75 bits per heavy atom. The van der Waals surface area contributed by atoms with Gasteiger partial charge in [0.2, 0.25) is 0 Å². The Balaban J connectivity index is 0. The minimum atomic E-state index is -0.410. The number of non-ortho nitro benzene ring substituents is 1. The molecule has 0 atom stereocenters. The van der Waals surface area contributed by atoms with Crippen LogP contribution in [0.4, 0.5) is 5.69 Å². The second-order valence-corrected chi connectivity index (χ2v) is 2.59. The van der Waals surface area contributed by atoms with E-state index in [0.717, 1.165) is 11.1 Å². The van der Waals surface area contributed by atoms with E-state index in [9.17, 15) is 10.1 Å². The highest BCUT2D eigenvalue weighted by molar-refractivity contribution is 5.63. The number of rotatable bonds is 2. The highest BCUT2D eigenvalue weighted by Gasteiger charge is 2.04. The zero-order valence-electron chi connectivity index (χ0n) is 10.8. The van der Waals surface area contributed by atoms with Gasteiger partial charge in [0.15, 0.2) is 0 Å². The minimum absolute atomic E-state index is 0.107. The van der Waals surface area contributed by atoms with Crippen molar-refractivity contribution in [3.05, 3.63) is 46.5 Å². The topological polar surface area (TPSA) is 43.1 Å². The minimum Gasteiger partial charge on any atom is -0.258 e. The molecule has 3 heteroatoms. The van der Waals surface area contributed by atoms with Gasteiger partial charge in [-0.3, -0.25) is 10.1 Å². The van der Waals surface area contributed by atoms with Crippen LogP contribution in [0, 0.1) is 10.1 Å². The fourth-order valence-electron chi connectivity index (χ4n) is 0.885. The number of nitrogens with zero attached hydrogens (tertiary/aromatic N) is 1. The van der Waals surface area contributed by atoms with Crippen LogP contribution in [0.1, 0.15) is 40.2 Å². The number of hydrogen-bond donors (Lipinski definition) is 0. The zero-order chi connectivity index (χ0) is 13.1. The lowest BCUT2D eigenvalue weighted by atomic mass is 10.1. The summed E-state index contributed by atoms with van der Waals surface area (Å²) in [6.07, 6.45) is 0. The average Bonchev–Trinajstić information content (AvgIpc) is 2.34. The maximum absolute atomic E-state index is 10.4. The van der Waals surface area contributed by atoms with Crippen molar-refractivity contribution in [3.8, 4) is 0 Å². The fourth-order valence-corrected chi connectivity index (χ4v) is 0.885. The first-order chi connectivity index (χ1) is 7.61. The van der Waals surface area contributed by atoms with E-state index in [-0.39, 0.29) is 5.69 Å². The van der Waals surface area contributed by atoms with Crippen LogP contribution >= 0.6 is 0 Å². The van der Waals surface area contributed by atoms with Gasteiger partial charge in [0.1, 0.15) is 0 Å². The maximum Gasteiger partial charge on any atom is 0.270 e. The van der Waals surface area contributed by atoms with Crippen LogP contribution in [0.25, 0.3) is 5.57 Å². The maximum atomic E-state index is 10.4. The van der Waals surface area contributed by atoms with Crippen LogP contribution in [0.3, 0.4) is 0 Å². The highest BCUT2D eigenvalue weighted by atomic mass is 16.6. The highest BCUT2D eigenvalue weighted by Crippen LogP contribution is 2.17. The Hall–Kier alpha value is -1.64. The van der Waals surface area contributed by atoms with Crippen molar-refractivity contribution in [1.29, 1.82) is 0 Å². The van der Waals surface area contributed by atoms with Crippen molar-refractivity contribution in [2.24, 2.45) is 0 Å². The molecule has 0 radical (unpaired) electrons. The molecule has 0 aliphatic rings. The van der Waals surface area contributed by atoms with Gasteiger partial charge in [-0.2, -0.15) is 0 Å². The van der Waals surface area contributed by atoms with E-state index in [4.69, 9.17) is 0 Å². The molecule has 16 heavy (non-hydrogen) atoms. The van der Waals surface area contributed by atoms with E-state index in [2.05, 4.69) is 6.58 Å². The summed E-state index contributed by atoms with van der Waals surface area (Å²) in [5, 5.41) is 10.4. The lowest BCUT2D eigenvalue weighted by molar-refractivity contribution is -0.384. The first-order valence-electron chi connectivity index (χ1n) is 5.51. The van der Waals surface area contributed by atoms with Gasteiger partial charge in [0, 0.05) is 12.1 Å². The standard InChI is InChI=1S/C9H9NO2.2C2H6/c1-7(2)8-4-3-5-9(6-8)10(11)12;2*1-2/h3-6H,1H2,2H3;2*1-2H3. The summed E-state index contributed by atoms with van der Waals surface area (Å²) in [7, 11) is 0. The van der Waals surface area contributed by atoms with Crippen LogP contribution in [0.15, 0.2) is 30.8 Å². The second-order valence-electron chi connectivity index (χ2n) is 2.59. The molecule has 0 fully saturated rings. The Kier molecular flexibility index (Phi) is 10.4. The molecule has 90 valence electrons. The first kappa shape index (κ1) is 16.8. The number of nitro benzene ring substituents is 1. The van der Waals surface area contributed by atoms with Gasteiger partial charge in [-0.15, -0.1) is 0 Å². The summed E-state index contributed by atoms with van der Waals surface area (Å²) in [6.45, 7) is 13.5. The van der Waals surface area contributed by atoms with E-state index in [1.165, 1.54) is 12.1 Å². The van der Waals surface area contributed by atoms with Gasteiger partial charge in [-0.05, 0) is 12.5 Å². The molecule has 0 saturated heterocycles. The first-order valence-corrected chi connectivity index (χ1v) is 5.51. The third-order valence-corrected chi connectivity index (χ3v) is 1.55. The largest absolute Gasteiger partial charge is 0.270 e. The van der Waals surface area contributed by atoms with Crippen molar-refractivity contribution in [2.75, 3.05) is 0 Å². The molecular weight excluding hydrogens is 202 g/mol. The molecule has 1 rings (SSSR count). The van der Waals surface area contributed by atoms with Crippen LogP contribution in [0.5, 0.6) is 0 Å². The molecule has 0 aliphatic heterocycles. The Morgan fingerprint density at radius 3 is 2.12 bits per heavy atom. The molecule has 3 nitrogen and oxygen atoms in total. The van der Waals surface area contributed by atoms with Crippen LogP contribution in [-0.2, 0) is 0 Å². The number of allylic oxidation sites excluding steroid dienone is 1. The van der Waals surface area contributed by atoms with Crippen molar-refractivity contribution in [1.82, 2.24) is 0 Å². The smallest absolute Gasteiger partial charge is 0.258 e. The quantitative estimate of drug-likeness (QED) is 0.539. The molecule has 1 aromatic rings. The molecule has 0 saturated carbocycles. The number of benzene rings is 1. The Labute approximate surface area is 98.0 Å². The molecule has 1 aromatic carbocycles. The molecule has 0 unspecified atom stereocenters. The summed E-state index contributed by atoms with van der Waals surface area (Å²) in [5.74, 6) is 0. The summed E-state index contributed by atoms with van der Waals surface area (Å²) < 4.78 is 0. The Morgan fingerprint density at radius 1 is 1.25 bits per heavy atom. The van der Waals surface area contributed by atoms with Gasteiger partial charge in [-0.1, -0.05) is 52.0 Å². The lowest BCUT2D eigenvalue weighted by Crippen LogP contribution is -1.88. The summed E-state index contributed by atoms with van der Waals surface area (Å²) in [4.78, 5) is 9.94. The van der Waals surface area contributed by atoms with Gasteiger partial charge >= 0.3 is 0 Å². The predicted molar refractivity (Wildman–Crippen MR) is 70.5 cm³/mol. The van der Waals surface area contributed by atoms with Gasteiger partial charge in [0.25, 0.3) is 5.69 Å². The number of hydrogen-bond acceptors (Lipinski definition) is 2. The normalized spacial score (nSPS) is 7.81. The molecule has 0 bridgehead atoms.